The number of nitriles is 1. The van der Waals surface area contributed by atoms with Crippen molar-refractivity contribution in [2.45, 2.75) is 12.5 Å². The Labute approximate surface area is 146 Å². The monoisotopic (exact) mass is 361 g/mol. The van der Waals surface area contributed by atoms with Gasteiger partial charge in [0.2, 0.25) is 11.8 Å². The minimum atomic E-state index is -0.686. The Morgan fingerprint density at radius 3 is 3.00 bits per heavy atom. The number of hydrogen-bond acceptors (Lipinski definition) is 7. The van der Waals surface area contributed by atoms with E-state index in [0.717, 1.165) is 0 Å². The second-order valence-electron chi connectivity index (χ2n) is 5.25. The summed E-state index contributed by atoms with van der Waals surface area (Å²) in [6.07, 6.45) is 0. The van der Waals surface area contributed by atoms with Crippen LogP contribution in [-0.4, -0.2) is 22.2 Å². The van der Waals surface area contributed by atoms with E-state index in [0.29, 0.717) is 16.8 Å². The van der Waals surface area contributed by atoms with Gasteiger partial charge in [0.15, 0.2) is 0 Å². The molecule has 1 aliphatic rings. The first-order valence-electron chi connectivity index (χ1n) is 7.05. The molecule has 2 heterocycles. The van der Waals surface area contributed by atoms with E-state index in [-0.39, 0.29) is 34.7 Å². The van der Waals surface area contributed by atoms with Crippen LogP contribution in [0.25, 0.3) is 0 Å². The summed E-state index contributed by atoms with van der Waals surface area (Å²) in [5, 5.41) is 27.5. The Balaban J connectivity index is 2.23. The summed E-state index contributed by atoms with van der Waals surface area (Å²) in [6.45, 7) is 0.191. The van der Waals surface area contributed by atoms with Gasteiger partial charge in [0.1, 0.15) is 16.7 Å². The van der Waals surface area contributed by atoms with Gasteiger partial charge >= 0.3 is 0 Å². The van der Waals surface area contributed by atoms with Crippen molar-refractivity contribution < 1.29 is 14.4 Å². The van der Waals surface area contributed by atoms with E-state index < -0.39 is 10.8 Å². The van der Waals surface area contributed by atoms with Gasteiger partial charge in [-0.1, -0.05) is 17.7 Å². The third-order valence-electron chi connectivity index (χ3n) is 3.81. The third kappa shape index (κ3) is 2.77. The number of halogens is 1. The van der Waals surface area contributed by atoms with Crippen LogP contribution >= 0.6 is 11.6 Å². The number of nitrogens with two attached hydrogens (primary N) is 1. The number of H-pyrrole nitrogens is 1. The molecule has 2 aromatic rings. The number of nitrogens with one attached hydrogen (secondary N) is 1. The number of ether oxygens (including phenoxy) is 2. The van der Waals surface area contributed by atoms with E-state index in [9.17, 15) is 15.4 Å². The quantitative estimate of drug-likeness (QED) is 0.628. The van der Waals surface area contributed by atoms with Crippen molar-refractivity contribution in [1.82, 2.24) is 10.2 Å². The number of aromatic amines is 1. The molecule has 128 valence electrons. The molecule has 1 atom stereocenters. The summed E-state index contributed by atoms with van der Waals surface area (Å²) >= 11 is 5.88. The van der Waals surface area contributed by atoms with Gasteiger partial charge in [0.25, 0.3) is 5.69 Å². The lowest BCUT2D eigenvalue weighted by Crippen LogP contribution is -2.21. The summed E-state index contributed by atoms with van der Waals surface area (Å²) < 4.78 is 10.5. The van der Waals surface area contributed by atoms with Gasteiger partial charge in [-0.3, -0.25) is 15.2 Å². The number of allylic oxidation sites excluding steroid dienone is 1. The number of benzene rings is 1. The second kappa shape index (κ2) is 6.43. The molecule has 3 rings (SSSR count). The summed E-state index contributed by atoms with van der Waals surface area (Å²) in [6, 6.07) is 6.33. The minimum absolute atomic E-state index is 0.000741. The van der Waals surface area contributed by atoms with Gasteiger partial charge in [-0.25, -0.2) is 0 Å². The van der Waals surface area contributed by atoms with Gasteiger partial charge in [-0.05, 0) is 11.6 Å². The third-order valence-corrected chi connectivity index (χ3v) is 4.13. The molecule has 0 unspecified atom stereocenters. The van der Waals surface area contributed by atoms with Crippen LogP contribution in [0.15, 0.2) is 29.7 Å². The zero-order valence-electron chi connectivity index (χ0n) is 12.9. The maximum atomic E-state index is 11.2. The van der Waals surface area contributed by atoms with Crippen molar-refractivity contribution >= 4 is 17.3 Å². The average Bonchev–Trinajstić information content (AvgIpc) is 2.96. The highest BCUT2D eigenvalue weighted by molar-refractivity contribution is 6.32. The second-order valence-corrected chi connectivity index (χ2v) is 5.65. The number of nitro groups is 1. The molecule has 1 aliphatic heterocycles. The highest BCUT2D eigenvalue weighted by Crippen LogP contribution is 2.44. The average molecular weight is 362 g/mol. The van der Waals surface area contributed by atoms with E-state index in [2.05, 4.69) is 10.2 Å². The Kier molecular flexibility index (Phi) is 4.31. The van der Waals surface area contributed by atoms with Crippen LogP contribution in [0.5, 0.6) is 5.88 Å². The van der Waals surface area contributed by atoms with Crippen molar-refractivity contribution in [3.63, 3.8) is 0 Å². The number of nitro benzene ring substituents is 1. The van der Waals surface area contributed by atoms with Gasteiger partial charge in [-0.2, -0.15) is 5.26 Å². The zero-order valence-corrected chi connectivity index (χ0v) is 13.7. The SMILES string of the molecule is COCc1[nH]nc2c1[C@H](c1ccc(Cl)c([N+](=O)[O-])c1)C(C#N)=C(N)O2. The fourth-order valence-electron chi connectivity index (χ4n) is 2.75. The number of fused-ring (bicyclic) bond motifs is 1. The lowest BCUT2D eigenvalue weighted by molar-refractivity contribution is -0.384. The zero-order chi connectivity index (χ0) is 18.1. The Hall–Kier alpha value is -3.09. The first-order chi connectivity index (χ1) is 12.0. The molecule has 9 nitrogen and oxygen atoms in total. The molecule has 3 N–H and O–H groups in total. The van der Waals surface area contributed by atoms with Gasteiger partial charge < -0.3 is 15.2 Å². The fraction of sp³-hybridized carbons (Fsp3) is 0.200. The highest BCUT2D eigenvalue weighted by atomic mass is 35.5. The molecule has 0 aliphatic carbocycles. The van der Waals surface area contributed by atoms with Crippen LogP contribution in [0.4, 0.5) is 5.69 Å². The Morgan fingerprint density at radius 1 is 1.60 bits per heavy atom. The van der Waals surface area contributed by atoms with Gasteiger partial charge in [0, 0.05) is 13.2 Å². The van der Waals surface area contributed by atoms with Crippen molar-refractivity contribution in [2.24, 2.45) is 5.73 Å². The molecule has 10 heteroatoms. The molecule has 0 saturated carbocycles. The summed E-state index contributed by atoms with van der Waals surface area (Å²) in [5.74, 6) is -0.590. The topological polar surface area (TPSA) is 140 Å². The summed E-state index contributed by atoms with van der Waals surface area (Å²) in [4.78, 5) is 10.6. The molecular weight excluding hydrogens is 350 g/mol. The predicted octanol–water partition coefficient (Wildman–Crippen LogP) is 2.34. The molecule has 1 aromatic carbocycles. The minimum Gasteiger partial charge on any atom is -0.420 e. The fourth-order valence-corrected chi connectivity index (χ4v) is 2.93. The van der Waals surface area contributed by atoms with Crippen LogP contribution < -0.4 is 10.5 Å². The first kappa shape index (κ1) is 16.8. The number of hydrogen-bond donors (Lipinski definition) is 2. The molecule has 0 amide bonds. The van der Waals surface area contributed by atoms with Crippen LogP contribution in [0, 0.1) is 21.4 Å². The number of nitrogens with zero attached hydrogens (tertiary/aromatic N) is 3. The normalized spacial score (nSPS) is 16.1. The van der Waals surface area contributed by atoms with Crippen molar-refractivity contribution in [3.05, 3.63) is 61.6 Å². The van der Waals surface area contributed by atoms with E-state index in [1.165, 1.54) is 19.2 Å². The number of aromatic nitrogens is 2. The lowest BCUT2D eigenvalue weighted by Gasteiger charge is -2.23. The molecule has 0 bridgehead atoms. The Bertz CT molecular complexity index is 930. The van der Waals surface area contributed by atoms with Crippen molar-refractivity contribution in [3.8, 4) is 11.9 Å². The van der Waals surface area contributed by atoms with Crippen LogP contribution in [0.3, 0.4) is 0 Å². The van der Waals surface area contributed by atoms with E-state index in [4.69, 9.17) is 26.8 Å². The number of rotatable bonds is 4. The highest BCUT2D eigenvalue weighted by Gasteiger charge is 2.36. The molecule has 1 aromatic heterocycles. The lowest BCUT2D eigenvalue weighted by atomic mass is 9.84. The largest absolute Gasteiger partial charge is 0.420 e. The summed E-state index contributed by atoms with van der Waals surface area (Å²) in [7, 11) is 1.51. The number of methoxy groups -OCH3 is 1. The molecule has 25 heavy (non-hydrogen) atoms. The molecule has 0 saturated heterocycles. The standard InChI is InChI=1S/C15H12ClN5O4/c1-24-6-10-13-12(7-2-3-9(16)11(4-7)21(22)23)8(5-17)14(18)25-15(13)20-19-10/h2-4,12H,6,18H2,1H3,(H,19,20)/t12-/m1/s1. The van der Waals surface area contributed by atoms with E-state index in [1.807, 2.05) is 6.07 Å². The van der Waals surface area contributed by atoms with Crippen LogP contribution in [0.1, 0.15) is 22.7 Å². The smallest absolute Gasteiger partial charge is 0.288 e. The summed E-state index contributed by atoms with van der Waals surface area (Å²) in [5.41, 5.74) is 7.30. The van der Waals surface area contributed by atoms with Crippen molar-refractivity contribution in [2.75, 3.05) is 7.11 Å². The molecule has 0 fully saturated rings. The predicted molar refractivity (Wildman–Crippen MR) is 86.7 cm³/mol. The molecule has 0 spiro atoms. The van der Waals surface area contributed by atoms with Crippen molar-refractivity contribution in [1.29, 1.82) is 5.26 Å². The van der Waals surface area contributed by atoms with E-state index >= 15 is 0 Å². The first-order valence-corrected chi connectivity index (χ1v) is 7.43. The van der Waals surface area contributed by atoms with E-state index in [1.54, 1.807) is 6.07 Å². The Morgan fingerprint density at radius 2 is 2.36 bits per heavy atom. The van der Waals surface area contributed by atoms with Gasteiger partial charge in [-0.15, -0.1) is 5.10 Å². The van der Waals surface area contributed by atoms with Crippen LogP contribution in [-0.2, 0) is 11.3 Å². The molecular formula is C15H12ClN5O4. The molecule has 0 radical (unpaired) electrons. The van der Waals surface area contributed by atoms with Crippen LogP contribution in [0.2, 0.25) is 5.02 Å². The maximum absolute atomic E-state index is 11.2. The maximum Gasteiger partial charge on any atom is 0.288 e. The van der Waals surface area contributed by atoms with Gasteiger partial charge in [0.05, 0.1) is 28.7 Å².